The van der Waals surface area contributed by atoms with Crippen LogP contribution in [0.1, 0.15) is 36.1 Å². The van der Waals surface area contributed by atoms with Crippen LogP contribution >= 0.6 is 11.8 Å². The van der Waals surface area contributed by atoms with E-state index in [0.717, 1.165) is 38.2 Å². The number of piperidine rings is 1. The summed E-state index contributed by atoms with van der Waals surface area (Å²) in [6, 6.07) is 18.7. The topological polar surface area (TPSA) is 32.3 Å². The Labute approximate surface area is 161 Å². The highest BCUT2D eigenvalue weighted by Crippen LogP contribution is 2.28. The predicted molar refractivity (Wildman–Crippen MR) is 111 cm³/mol. The van der Waals surface area contributed by atoms with E-state index in [9.17, 15) is 4.79 Å². The lowest BCUT2D eigenvalue weighted by Gasteiger charge is -2.32. The summed E-state index contributed by atoms with van der Waals surface area (Å²) in [6.45, 7) is 5.01. The molecule has 2 aromatic rings. The Balaban J connectivity index is 1.59. The molecule has 4 heteroatoms. The normalized spacial score (nSPS) is 19.1. The van der Waals surface area contributed by atoms with E-state index in [0.29, 0.717) is 5.25 Å². The molecule has 1 fully saturated rings. The molecule has 1 N–H and O–H groups in total. The Morgan fingerprint density at radius 2 is 2.04 bits per heavy atom. The second kappa shape index (κ2) is 9.24. The van der Waals surface area contributed by atoms with Crippen molar-refractivity contribution in [3.63, 3.8) is 0 Å². The summed E-state index contributed by atoms with van der Waals surface area (Å²) >= 11 is 1.82. The minimum Gasteiger partial charge on any atom is -0.326 e. The Bertz CT molecular complexity index is 719. The first-order valence-corrected chi connectivity index (χ1v) is 10.6. The highest BCUT2D eigenvalue weighted by Gasteiger charge is 2.26. The van der Waals surface area contributed by atoms with Gasteiger partial charge in [-0.1, -0.05) is 42.5 Å². The summed E-state index contributed by atoms with van der Waals surface area (Å²) in [5, 5.41) is 3.57. The van der Waals surface area contributed by atoms with Crippen molar-refractivity contribution in [1.82, 2.24) is 4.90 Å². The maximum absolute atomic E-state index is 12.8. The molecule has 3 rings (SSSR count). The van der Waals surface area contributed by atoms with Crippen LogP contribution in [0, 0.1) is 5.92 Å². The molecule has 138 valence electrons. The first-order valence-electron chi connectivity index (χ1n) is 9.35. The van der Waals surface area contributed by atoms with E-state index in [1.807, 2.05) is 30.0 Å². The number of carbonyl (C=O) groups excluding carboxylic acids is 1. The molecule has 3 nitrogen and oxygen atoms in total. The zero-order valence-corrected chi connectivity index (χ0v) is 16.5. The van der Waals surface area contributed by atoms with Gasteiger partial charge in [-0.3, -0.25) is 9.69 Å². The van der Waals surface area contributed by atoms with Crippen LogP contribution in [0.5, 0.6) is 0 Å². The maximum atomic E-state index is 12.8. The van der Waals surface area contributed by atoms with Gasteiger partial charge < -0.3 is 5.32 Å². The number of thioether (sulfide) groups is 1. The summed E-state index contributed by atoms with van der Waals surface area (Å²) in [6.07, 6.45) is 4.16. The minimum absolute atomic E-state index is 0.0640. The second-order valence-electron chi connectivity index (χ2n) is 7.05. The third kappa shape index (κ3) is 5.12. The van der Waals surface area contributed by atoms with Crippen molar-refractivity contribution in [2.24, 2.45) is 5.92 Å². The summed E-state index contributed by atoms with van der Waals surface area (Å²) in [4.78, 5) is 15.2. The fraction of sp³-hybridized carbons (Fsp3) is 0.409. The van der Waals surface area contributed by atoms with Gasteiger partial charge in [0.05, 0.1) is 5.92 Å². The van der Waals surface area contributed by atoms with E-state index >= 15 is 0 Å². The average Bonchev–Trinajstić information content (AvgIpc) is 2.68. The average molecular weight is 369 g/mol. The number of carbonyl (C=O) groups is 1. The van der Waals surface area contributed by atoms with Crippen molar-refractivity contribution < 1.29 is 4.79 Å². The molecule has 0 aromatic heterocycles. The van der Waals surface area contributed by atoms with E-state index in [1.165, 1.54) is 11.1 Å². The van der Waals surface area contributed by atoms with Crippen LogP contribution < -0.4 is 5.32 Å². The first-order chi connectivity index (χ1) is 12.7. The van der Waals surface area contributed by atoms with Crippen LogP contribution in [0.25, 0.3) is 0 Å². The fourth-order valence-electron chi connectivity index (χ4n) is 3.50. The lowest BCUT2D eigenvalue weighted by Crippen LogP contribution is -2.40. The number of nitrogens with zero attached hydrogens (tertiary/aromatic N) is 1. The molecule has 0 bridgehead atoms. The van der Waals surface area contributed by atoms with Crippen molar-refractivity contribution in [2.45, 2.75) is 31.6 Å². The van der Waals surface area contributed by atoms with Crippen LogP contribution in [0.3, 0.4) is 0 Å². The van der Waals surface area contributed by atoms with Crippen LogP contribution in [-0.2, 0) is 11.3 Å². The lowest BCUT2D eigenvalue weighted by molar-refractivity contribution is -0.121. The van der Waals surface area contributed by atoms with Gasteiger partial charge in [0, 0.05) is 24.0 Å². The molecule has 2 aromatic carbocycles. The summed E-state index contributed by atoms with van der Waals surface area (Å²) in [5.74, 6) is 0.214. The van der Waals surface area contributed by atoms with Crippen LogP contribution in [0.2, 0.25) is 0 Å². The maximum Gasteiger partial charge on any atom is 0.228 e. The largest absolute Gasteiger partial charge is 0.326 e. The number of rotatable bonds is 6. The molecule has 1 heterocycles. The van der Waals surface area contributed by atoms with Gasteiger partial charge in [0.15, 0.2) is 0 Å². The Kier molecular flexibility index (Phi) is 6.75. The number of anilines is 1. The Morgan fingerprint density at radius 3 is 2.81 bits per heavy atom. The standard InChI is InChI=1S/C22H28N2OS/c1-17(26-2)19-10-6-12-21(14-19)23-22(25)20-11-7-13-24(16-20)15-18-8-4-3-5-9-18/h3-6,8-10,12,14,17,20H,7,11,13,15-16H2,1-2H3,(H,23,25). The van der Waals surface area contributed by atoms with E-state index in [4.69, 9.17) is 0 Å². The fourth-order valence-corrected chi connectivity index (χ4v) is 3.92. The Morgan fingerprint density at radius 1 is 1.23 bits per heavy atom. The summed E-state index contributed by atoms with van der Waals surface area (Å²) in [7, 11) is 0. The number of nitrogens with one attached hydrogen (secondary N) is 1. The van der Waals surface area contributed by atoms with Gasteiger partial charge in [-0.15, -0.1) is 0 Å². The highest BCUT2D eigenvalue weighted by molar-refractivity contribution is 7.98. The van der Waals surface area contributed by atoms with Crippen molar-refractivity contribution in [3.05, 3.63) is 65.7 Å². The molecule has 1 aliphatic rings. The number of hydrogen-bond donors (Lipinski definition) is 1. The monoisotopic (exact) mass is 368 g/mol. The number of likely N-dealkylation sites (tertiary alicyclic amines) is 1. The lowest BCUT2D eigenvalue weighted by atomic mass is 9.96. The van der Waals surface area contributed by atoms with Crippen molar-refractivity contribution in [2.75, 3.05) is 24.7 Å². The molecular formula is C22H28N2OS. The van der Waals surface area contributed by atoms with Crippen LogP contribution in [0.15, 0.2) is 54.6 Å². The molecule has 0 radical (unpaired) electrons. The molecule has 2 atom stereocenters. The SMILES string of the molecule is CSC(C)c1cccc(NC(=O)C2CCCN(Cc3ccccc3)C2)c1. The van der Waals surface area contributed by atoms with E-state index in [2.05, 4.69) is 59.8 Å². The molecule has 2 unspecified atom stereocenters. The van der Waals surface area contributed by atoms with Gasteiger partial charge in [-0.25, -0.2) is 0 Å². The van der Waals surface area contributed by atoms with Gasteiger partial charge in [0.2, 0.25) is 5.91 Å². The third-order valence-electron chi connectivity index (χ3n) is 5.10. The van der Waals surface area contributed by atoms with Crippen molar-refractivity contribution in [3.8, 4) is 0 Å². The van der Waals surface area contributed by atoms with Gasteiger partial charge in [-0.2, -0.15) is 11.8 Å². The van der Waals surface area contributed by atoms with E-state index in [1.54, 1.807) is 0 Å². The predicted octanol–water partition coefficient (Wildman–Crippen LogP) is 4.96. The molecule has 1 amide bonds. The van der Waals surface area contributed by atoms with E-state index in [-0.39, 0.29) is 11.8 Å². The molecule has 1 aliphatic heterocycles. The minimum atomic E-state index is 0.0640. The zero-order chi connectivity index (χ0) is 18.4. The molecule has 0 saturated carbocycles. The second-order valence-corrected chi connectivity index (χ2v) is 8.23. The van der Waals surface area contributed by atoms with E-state index < -0.39 is 0 Å². The van der Waals surface area contributed by atoms with Gasteiger partial charge in [0.1, 0.15) is 0 Å². The summed E-state index contributed by atoms with van der Waals surface area (Å²) in [5.41, 5.74) is 3.48. The Hall–Kier alpha value is -1.78. The highest BCUT2D eigenvalue weighted by atomic mass is 32.2. The van der Waals surface area contributed by atoms with Crippen LogP contribution in [-0.4, -0.2) is 30.2 Å². The van der Waals surface area contributed by atoms with Gasteiger partial charge in [-0.05, 0) is 55.8 Å². The molecule has 1 saturated heterocycles. The number of amides is 1. The van der Waals surface area contributed by atoms with Crippen molar-refractivity contribution >= 4 is 23.4 Å². The molecule has 0 aliphatic carbocycles. The zero-order valence-electron chi connectivity index (χ0n) is 15.7. The summed E-state index contributed by atoms with van der Waals surface area (Å²) < 4.78 is 0. The van der Waals surface area contributed by atoms with Crippen molar-refractivity contribution in [1.29, 1.82) is 0 Å². The number of benzene rings is 2. The smallest absolute Gasteiger partial charge is 0.228 e. The number of hydrogen-bond acceptors (Lipinski definition) is 3. The first kappa shape index (κ1) is 19.0. The molecule has 0 spiro atoms. The van der Waals surface area contributed by atoms with Crippen LogP contribution in [0.4, 0.5) is 5.69 Å². The quantitative estimate of drug-likeness (QED) is 0.782. The van der Waals surface area contributed by atoms with Gasteiger partial charge >= 0.3 is 0 Å². The molecule has 26 heavy (non-hydrogen) atoms. The molecular weight excluding hydrogens is 340 g/mol. The van der Waals surface area contributed by atoms with Gasteiger partial charge in [0.25, 0.3) is 0 Å². The third-order valence-corrected chi connectivity index (χ3v) is 6.08.